The molecule has 0 fully saturated rings. The van der Waals surface area contributed by atoms with E-state index < -0.39 is 11.7 Å². The molecule has 0 unspecified atom stereocenters. The lowest BCUT2D eigenvalue weighted by atomic mass is 10.2. The van der Waals surface area contributed by atoms with Crippen LogP contribution in [-0.4, -0.2) is 18.4 Å². The largest absolute Gasteiger partial charge is 0.484 e. The number of hydrogen-bond donors (Lipinski definition) is 2. The van der Waals surface area contributed by atoms with Crippen LogP contribution in [0.15, 0.2) is 42.5 Å². The summed E-state index contributed by atoms with van der Waals surface area (Å²) in [6.45, 7) is 1.14. The van der Waals surface area contributed by atoms with Crippen LogP contribution in [0, 0.1) is 5.82 Å². The van der Waals surface area contributed by atoms with Gasteiger partial charge in [-0.05, 0) is 30.3 Å². The van der Waals surface area contributed by atoms with Gasteiger partial charge in [0, 0.05) is 24.4 Å². The molecule has 0 heterocycles. The summed E-state index contributed by atoms with van der Waals surface area (Å²) in [6, 6.07) is 10.5. The number of amides is 2. The minimum Gasteiger partial charge on any atom is -0.484 e. The van der Waals surface area contributed by atoms with Gasteiger partial charge in [-0.2, -0.15) is 0 Å². The van der Waals surface area contributed by atoms with Crippen molar-refractivity contribution in [1.82, 2.24) is 0 Å². The summed E-state index contributed by atoms with van der Waals surface area (Å²) in [4.78, 5) is 22.8. The highest BCUT2D eigenvalue weighted by molar-refractivity contribution is 6.30. The van der Waals surface area contributed by atoms with Gasteiger partial charge in [-0.15, -0.1) is 0 Å². The molecule has 0 saturated heterocycles. The molecule has 120 valence electrons. The summed E-state index contributed by atoms with van der Waals surface area (Å²) in [5.41, 5.74) is 1.09. The van der Waals surface area contributed by atoms with Crippen molar-refractivity contribution in [3.8, 4) is 5.75 Å². The lowest BCUT2D eigenvalue weighted by Gasteiger charge is -2.09. The van der Waals surface area contributed by atoms with Crippen LogP contribution in [0.2, 0.25) is 5.02 Å². The second kappa shape index (κ2) is 7.60. The molecule has 2 aromatic carbocycles. The van der Waals surface area contributed by atoms with Crippen LogP contribution in [-0.2, 0) is 9.59 Å². The quantitative estimate of drug-likeness (QED) is 0.878. The number of nitrogens with one attached hydrogen (secondary N) is 2. The van der Waals surface area contributed by atoms with Gasteiger partial charge in [-0.25, -0.2) is 4.39 Å². The fraction of sp³-hybridized carbons (Fsp3) is 0.125. The minimum atomic E-state index is -0.557. The molecule has 0 saturated carbocycles. The van der Waals surface area contributed by atoms with Crippen molar-refractivity contribution in [2.24, 2.45) is 0 Å². The molecule has 5 nitrogen and oxygen atoms in total. The standard InChI is InChI=1S/C16H14ClFN2O3/c1-10(21)19-11-3-2-4-12(7-11)20-16(22)9-23-13-5-6-15(18)14(17)8-13/h2-8H,9H2,1H3,(H,19,21)(H,20,22). The Hall–Kier alpha value is -2.60. The number of ether oxygens (including phenoxy) is 1. The molecule has 2 rings (SSSR count). The van der Waals surface area contributed by atoms with Crippen molar-refractivity contribution >= 4 is 34.8 Å². The summed E-state index contributed by atoms with van der Waals surface area (Å²) in [6.07, 6.45) is 0. The predicted octanol–water partition coefficient (Wildman–Crippen LogP) is 3.46. The first-order valence-electron chi connectivity index (χ1n) is 6.69. The van der Waals surface area contributed by atoms with E-state index in [-0.39, 0.29) is 17.5 Å². The predicted molar refractivity (Wildman–Crippen MR) is 86.3 cm³/mol. The molecule has 0 radical (unpaired) electrons. The fourth-order valence-electron chi connectivity index (χ4n) is 1.79. The van der Waals surface area contributed by atoms with Gasteiger partial charge in [0.1, 0.15) is 11.6 Å². The Morgan fingerprint density at radius 1 is 1.13 bits per heavy atom. The molecule has 0 bridgehead atoms. The van der Waals surface area contributed by atoms with E-state index in [0.29, 0.717) is 17.1 Å². The molecular weight excluding hydrogens is 323 g/mol. The Balaban J connectivity index is 1.91. The van der Waals surface area contributed by atoms with Crippen molar-refractivity contribution in [3.05, 3.63) is 53.3 Å². The van der Waals surface area contributed by atoms with Gasteiger partial charge in [0.2, 0.25) is 5.91 Å². The summed E-state index contributed by atoms with van der Waals surface area (Å²) in [7, 11) is 0. The maximum Gasteiger partial charge on any atom is 0.262 e. The average Bonchev–Trinajstić information content (AvgIpc) is 2.48. The molecule has 0 aliphatic rings. The fourth-order valence-corrected chi connectivity index (χ4v) is 1.96. The summed E-state index contributed by atoms with van der Waals surface area (Å²) >= 11 is 5.63. The summed E-state index contributed by atoms with van der Waals surface area (Å²) in [5.74, 6) is -0.868. The normalized spacial score (nSPS) is 10.0. The van der Waals surface area contributed by atoms with Crippen molar-refractivity contribution in [2.75, 3.05) is 17.2 Å². The van der Waals surface area contributed by atoms with Crippen molar-refractivity contribution in [1.29, 1.82) is 0 Å². The summed E-state index contributed by atoms with van der Waals surface area (Å²) < 4.78 is 18.3. The van der Waals surface area contributed by atoms with E-state index in [9.17, 15) is 14.0 Å². The molecule has 7 heteroatoms. The van der Waals surface area contributed by atoms with E-state index in [4.69, 9.17) is 16.3 Å². The Kier molecular flexibility index (Phi) is 5.54. The van der Waals surface area contributed by atoms with Crippen LogP contribution in [0.5, 0.6) is 5.75 Å². The van der Waals surface area contributed by atoms with E-state index in [1.54, 1.807) is 24.3 Å². The van der Waals surface area contributed by atoms with Crippen LogP contribution in [0.3, 0.4) is 0 Å². The molecule has 0 aromatic heterocycles. The van der Waals surface area contributed by atoms with E-state index in [0.717, 1.165) is 6.07 Å². The van der Waals surface area contributed by atoms with E-state index in [1.807, 2.05) is 0 Å². The highest BCUT2D eigenvalue weighted by Gasteiger charge is 2.07. The topological polar surface area (TPSA) is 67.4 Å². The van der Waals surface area contributed by atoms with E-state index in [1.165, 1.54) is 19.1 Å². The van der Waals surface area contributed by atoms with Crippen LogP contribution in [0.25, 0.3) is 0 Å². The summed E-state index contributed by atoms with van der Waals surface area (Å²) in [5, 5.41) is 5.17. The highest BCUT2D eigenvalue weighted by Crippen LogP contribution is 2.21. The maximum atomic E-state index is 13.0. The van der Waals surface area contributed by atoms with Gasteiger partial charge in [0.05, 0.1) is 5.02 Å². The van der Waals surface area contributed by atoms with Gasteiger partial charge in [-0.1, -0.05) is 17.7 Å². The highest BCUT2D eigenvalue weighted by atomic mass is 35.5. The molecule has 0 atom stereocenters. The van der Waals surface area contributed by atoms with Gasteiger partial charge < -0.3 is 15.4 Å². The maximum absolute atomic E-state index is 13.0. The number of benzene rings is 2. The number of carbonyl (C=O) groups excluding carboxylic acids is 2. The molecule has 2 aromatic rings. The van der Waals surface area contributed by atoms with Crippen LogP contribution < -0.4 is 15.4 Å². The number of halogens is 2. The minimum absolute atomic E-state index is 0.0779. The van der Waals surface area contributed by atoms with Crippen LogP contribution >= 0.6 is 11.6 Å². The SMILES string of the molecule is CC(=O)Nc1cccc(NC(=O)COc2ccc(F)c(Cl)c2)c1. The third kappa shape index (κ3) is 5.27. The molecule has 0 spiro atoms. The Labute approximate surface area is 137 Å². The van der Waals surface area contributed by atoms with Gasteiger partial charge in [0.15, 0.2) is 6.61 Å². The number of rotatable bonds is 5. The third-order valence-electron chi connectivity index (χ3n) is 2.73. The number of anilines is 2. The second-order valence-electron chi connectivity index (χ2n) is 4.67. The third-order valence-corrected chi connectivity index (χ3v) is 3.02. The van der Waals surface area contributed by atoms with E-state index in [2.05, 4.69) is 10.6 Å². The van der Waals surface area contributed by atoms with Gasteiger partial charge in [0.25, 0.3) is 5.91 Å². The van der Waals surface area contributed by atoms with Gasteiger partial charge >= 0.3 is 0 Å². The van der Waals surface area contributed by atoms with Crippen LogP contribution in [0.4, 0.5) is 15.8 Å². The lowest BCUT2D eigenvalue weighted by Crippen LogP contribution is -2.20. The second-order valence-corrected chi connectivity index (χ2v) is 5.08. The first-order valence-corrected chi connectivity index (χ1v) is 7.07. The molecule has 2 amide bonds. The molecule has 0 aliphatic heterocycles. The lowest BCUT2D eigenvalue weighted by molar-refractivity contribution is -0.118. The molecular formula is C16H14ClFN2O3. The van der Waals surface area contributed by atoms with E-state index >= 15 is 0 Å². The number of hydrogen-bond acceptors (Lipinski definition) is 3. The van der Waals surface area contributed by atoms with Crippen molar-refractivity contribution in [3.63, 3.8) is 0 Å². The first kappa shape index (κ1) is 16.8. The molecule has 2 N–H and O–H groups in total. The smallest absolute Gasteiger partial charge is 0.262 e. The molecule has 0 aliphatic carbocycles. The van der Waals surface area contributed by atoms with Gasteiger partial charge in [-0.3, -0.25) is 9.59 Å². The average molecular weight is 337 g/mol. The zero-order valence-corrected chi connectivity index (χ0v) is 13.0. The molecule has 23 heavy (non-hydrogen) atoms. The van der Waals surface area contributed by atoms with Crippen molar-refractivity contribution < 1.29 is 18.7 Å². The zero-order chi connectivity index (χ0) is 16.8. The zero-order valence-electron chi connectivity index (χ0n) is 12.2. The van der Waals surface area contributed by atoms with Crippen LogP contribution in [0.1, 0.15) is 6.92 Å². The Morgan fingerprint density at radius 3 is 2.48 bits per heavy atom. The monoisotopic (exact) mass is 336 g/mol. The Morgan fingerprint density at radius 2 is 1.83 bits per heavy atom. The number of carbonyl (C=O) groups is 2. The van der Waals surface area contributed by atoms with Crippen molar-refractivity contribution in [2.45, 2.75) is 6.92 Å². The Bertz CT molecular complexity index is 737. The first-order chi connectivity index (χ1) is 10.9.